The summed E-state index contributed by atoms with van der Waals surface area (Å²) in [6, 6.07) is 4.62. The Labute approximate surface area is 130 Å². The average molecular weight is 361 g/mol. The Balaban J connectivity index is 1.67. The van der Waals surface area contributed by atoms with Gasteiger partial charge < -0.3 is 19.8 Å². The Morgan fingerprint density at radius 2 is 2.25 bits per heavy atom. The summed E-state index contributed by atoms with van der Waals surface area (Å²) < 4.78 is 11.6. The number of ether oxygens (including phenoxy) is 1. The first kappa shape index (κ1) is 15.4. The first-order valence-corrected chi connectivity index (χ1v) is 7.89. The van der Waals surface area contributed by atoms with Crippen molar-refractivity contribution in [2.45, 2.75) is 13.0 Å². The van der Waals surface area contributed by atoms with Crippen LogP contribution in [0.15, 0.2) is 20.3 Å². The van der Waals surface area contributed by atoms with Crippen LogP contribution in [-0.2, 0) is 17.7 Å². The van der Waals surface area contributed by atoms with Crippen molar-refractivity contribution in [3.8, 4) is 0 Å². The zero-order valence-electron chi connectivity index (χ0n) is 11.2. The van der Waals surface area contributed by atoms with Gasteiger partial charge in [0.25, 0.3) is 0 Å². The summed E-state index contributed by atoms with van der Waals surface area (Å²) >= 11 is 5.18. The van der Waals surface area contributed by atoms with E-state index in [1.54, 1.807) is 18.4 Å². The zero-order chi connectivity index (χ0) is 14.2. The minimum atomic E-state index is 0.462. The number of rotatable bonds is 9. The molecule has 2 rings (SSSR count). The monoisotopic (exact) mass is 360 g/mol. The van der Waals surface area contributed by atoms with Crippen molar-refractivity contribution >= 4 is 33.3 Å². The fraction of sp³-hybridized carbons (Fsp3) is 0.500. The van der Waals surface area contributed by atoms with Crippen molar-refractivity contribution in [3.63, 3.8) is 0 Å². The van der Waals surface area contributed by atoms with Gasteiger partial charge in [0.2, 0.25) is 5.89 Å². The third-order valence-electron chi connectivity index (χ3n) is 2.50. The van der Waals surface area contributed by atoms with Crippen LogP contribution in [0.1, 0.15) is 10.8 Å². The minimum absolute atomic E-state index is 0.462. The van der Waals surface area contributed by atoms with E-state index >= 15 is 0 Å². The van der Waals surface area contributed by atoms with Gasteiger partial charge in [0, 0.05) is 25.1 Å². The highest BCUT2D eigenvalue weighted by molar-refractivity contribution is 9.11. The summed E-state index contributed by atoms with van der Waals surface area (Å²) in [4.78, 5) is 1.31. The number of nitrogens with one attached hydrogen (secondary N) is 2. The lowest BCUT2D eigenvalue weighted by atomic mass is 10.3. The molecular formula is C12H17BrN4O2S. The molecule has 2 aromatic heterocycles. The molecule has 110 valence electrons. The van der Waals surface area contributed by atoms with E-state index in [1.165, 1.54) is 4.88 Å². The molecule has 0 radical (unpaired) electrons. The van der Waals surface area contributed by atoms with Crippen LogP contribution in [0.25, 0.3) is 0 Å². The van der Waals surface area contributed by atoms with Gasteiger partial charge in [-0.15, -0.1) is 16.4 Å². The topological polar surface area (TPSA) is 72.2 Å². The maximum Gasteiger partial charge on any atom is 0.315 e. The van der Waals surface area contributed by atoms with Gasteiger partial charge in [0.15, 0.2) is 0 Å². The molecule has 0 spiro atoms. The number of halogens is 1. The number of anilines is 1. The van der Waals surface area contributed by atoms with Crippen molar-refractivity contribution in [1.29, 1.82) is 0 Å². The molecule has 8 heteroatoms. The van der Waals surface area contributed by atoms with Crippen LogP contribution in [0.4, 0.5) is 6.01 Å². The third-order valence-corrected chi connectivity index (χ3v) is 4.19. The minimum Gasteiger partial charge on any atom is -0.407 e. The molecule has 6 nitrogen and oxygen atoms in total. The van der Waals surface area contributed by atoms with Crippen LogP contribution in [0.3, 0.4) is 0 Å². The Kier molecular flexibility index (Phi) is 6.44. The van der Waals surface area contributed by atoms with Crippen LogP contribution in [0.2, 0.25) is 0 Å². The van der Waals surface area contributed by atoms with E-state index in [-0.39, 0.29) is 0 Å². The maximum absolute atomic E-state index is 5.46. The molecule has 2 aromatic rings. The van der Waals surface area contributed by atoms with Crippen molar-refractivity contribution in [2.75, 3.05) is 32.1 Å². The number of nitrogens with zero attached hydrogens (tertiary/aromatic N) is 2. The van der Waals surface area contributed by atoms with Gasteiger partial charge in [-0.25, -0.2) is 0 Å². The van der Waals surface area contributed by atoms with E-state index < -0.39 is 0 Å². The van der Waals surface area contributed by atoms with Crippen molar-refractivity contribution in [3.05, 3.63) is 26.7 Å². The molecule has 0 amide bonds. The van der Waals surface area contributed by atoms with Crippen LogP contribution in [0.5, 0.6) is 0 Å². The summed E-state index contributed by atoms with van der Waals surface area (Å²) in [6.07, 6.45) is 0.931. The molecule has 0 bridgehead atoms. The van der Waals surface area contributed by atoms with Crippen molar-refractivity contribution < 1.29 is 9.15 Å². The quantitative estimate of drug-likeness (QED) is 0.668. The summed E-state index contributed by atoms with van der Waals surface area (Å²) in [7, 11) is 1.67. The lowest BCUT2D eigenvalue weighted by Crippen LogP contribution is -2.18. The molecule has 2 heterocycles. The highest BCUT2D eigenvalue weighted by Gasteiger charge is 2.05. The number of thiophene rings is 1. The highest BCUT2D eigenvalue weighted by Crippen LogP contribution is 2.22. The molecule has 0 aliphatic heterocycles. The van der Waals surface area contributed by atoms with E-state index in [0.29, 0.717) is 25.1 Å². The van der Waals surface area contributed by atoms with E-state index in [9.17, 15) is 0 Å². The fourth-order valence-corrected chi connectivity index (χ4v) is 3.03. The molecule has 0 saturated carbocycles. The molecule has 0 aliphatic carbocycles. The number of methoxy groups -OCH3 is 1. The van der Waals surface area contributed by atoms with Gasteiger partial charge in [-0.3, -0.25) is 0 Å². The Bertz CT molecular complexity index is 517. The Morgan fingerprint density at radius 3 is 3.00 bits per heavy atom. The van der Waals surface area contributed by atoms with E-state index in [0.717, 1.165) is 23.3 Å². The zero-order valence-corrected chi connectivity index (χ0v) is 13.6. The second kappa shape index (κ2) is 8.35. The predicted molar refractivity (Wildman–Crippen MR) is 82.1 cm³/mol. The second-order valence-corrected chi connectivity index (χ2v) is 6.60. The SMILES string of the molecule is COCCNCc1nnc(NCCc2ccc(Br)s2)o1. The standard InChI is InChI=1S/C12H17BrN4O2S/c1-18-7-6-14-8-11-16-17-12(19-11)15-5-4-9-2-3-10(13)20-9/h2-3,14H,4-8H2,1H3,(H,15,17). The van der Waals surface area contributed by atoms with Crippen LogP contribution in [0, 0.1) is 0 Å². The third kappa shape index (κ3) is 5.20. The molecule has 0 aromatic carbocycles. The summed E-state index contributed by atoms with van der Waals surface area (Å²) in [6.45, 7) is 2.74. The first-order valence-electron chi connectivity index (χ1n) is 6.28. The lowest BCUT2D eigenvalue weighted by molar-refractivity contribution is 0.198. The highest BCUT2D eigenvalue weighted by atomic mass is 79.9. The van der Waals surface area contributed by atoms with Crippen molar-refractivity contribution in [2.24, 2.45) is 0 Å². The van der Waals surface area contributed by atoms with E-state index in [1.807, 2.05) is 0 Å². The molecule has 0 saturated heterocycles. The molecule has 0 unspecified atom stereocenters. The maximum atomic E-state index is 5.46. The lowest BCUT2D eigenvalue weighted by Gasteiger charge is -2.00. The van der Waals surface area contributed by atoms with Gasteiger partial charge in [0.05, 0.1) is 16.9 Å². The molecule has 20 heavy (non-hydrogen) atoms. The molecular weight excluding hydrogens is 344 g/mol. The van der Waals surface area contributed by atoms with Gasteiger partial charge in [-0.1, -0.05) is 5.10 Å². The normalized spacial score (nSPS) is 10.9. The van der Waals surface area contributed by atoms with Gasteiger partial charge in [-0.05, 0) is 34.5 Å². The van der Waals surface area contributed by atoms with Gasteiger partial charge in [-0.2, -0.15) is 0 Å². The summed E-state index contributed by atoms with van der Waals surface area (Å²) in [5.74, 6) is 0.572. The van der Waals surface area contributed by atoms with Crippen LogP contribution < -0.4 is 10.6 Å². The van der Waals surface area contributed by atoms with Gasteiger partial charge in [0.1, 0.15) is 0 Å². The second-order valence-electron chi connectivity index (χ2n) is 4.05. The van der Waals surface area contributed by atoms with E-state index in [4.69, 9.17) is 9.15 Å². The van der Waals surface area contributed by atoms with Crippen molar-refractivity contribution in [1.82, 2.24) is 15.5 Å². The smallest absolute Gasteiger partial charge is 0.315 e. The molecule has 0 atom stereocenters. The summed E-state index contributed by atoms with van der Waals surface area (Å²) in [5.41, 5.74) is 0. The van der Waals surface area contributed by atoms with Crippen LogP contribution >= 0.6 is 27.3 Å². The average Bonchev–Trinajstić information content (AvgIpc) is 3.05. The van der Waals surface area contributed by atoms with Gasteiger partial charge >= 0.3 is 6.01 Å². The predicted octanol–water partition coefficient (Wildman–Crippen LogP) is 2.28. The van der Waals surface area contributed by atoms with Crippen LogP contribution in [-0.4, -0.2) is 37.0 Å². The number of hydrogen-bond donors (Lipinski definition) is 2. The first-order chi connectivity index (χ1) is 9.78. The summed E-state index contributed by atoms with van der Waals surface area (Å²) in [5, 5.41) is 14.2. The number of aromatic nitrogens is 2. The molecule has 0 aliphatic rings. The Hall–Kier alpha value is -0.960. The largest absolute Gasteiger partial charge is 0.407 e. The molecule has 0 fully saturated rings. The fourth-order valence-electron chi connectivity index (χ4n) is 1.54. The molecule has 2 N–H and O–H groups in total. The Morgan fingerprint density at radius 1 is 1.35 bits per heavy atom. The van der Waals surface area contributed by atoms with E-state index in [2.05, 4.69) is 48.9 Å². The number of hydrogen-bond acceptors (Lipinski definition) is 7.